The highest BCUT2D eigenvalue weighted by Crippen LogP contribution is 2.32. The Labute approximate surface area is 136 Å². The Hall–Kier alpha value is -1.80. The van der Waals surface area contributed by atoms with Crippen molar-refractivity contribution in [2.24, 2.45) is 0 Å². The molecule has 1 atom stereocenters. The standard InChI is InChI=1S/C15H22N2O5S/c1-11(16-2)10-17-15(18)5-8-23(19,20)12-3-4-13-14(9-12)22-7-6-21-13/h3-4,9,11,16H,5-8,10H2,1-2H3,(H,17,18). The fourth-order valence-corrected chi connectivity index (χ4v) is 3.27. The van der Waals surface area contributed by atoms with Crippen LogP contribution in [0.3, 0.4) is 0 Å². The van der Waals surface area contributed by atoms with Gasteiger partial charge in [0.15, 0.2) is 21.3 Å². The molecular formula is C15H22N2O5S. The van der Waals surface area contributed by atoms with E-state index >= 15 is 0 Å². The lowest BCUT2D eigenvalue weighted by Crippen LogP contribution is -2.37. The van der Waals surface area contributed by atoms with Crippen LogP contribution >= 0.6 is 0 Å². The summed E-state index contributed by atoms with van der Waals surface area (Å²) in [6.45, 7) is 3.22. The Balaban J connectivity index is 1.95. The Kier molecular flexibility index (Phi) is 5.84. The Morgan fingerprint density at radius 2 is 1.96 bits per heavy atom. The Morgan fingerprint density at radius 1 is 1.26 bits per heavy atom. The van der Waals surface area contributed by atoms with Crippen molar-refractivity contribution in [2.45, 2.75) is 24.3 Å². The smallest absolute Gasteiger partial charge is 0.221 e. The van der Waals surface area contributed by atoms with Gasteiger partial charge in [0, 0.05) is 25.1 Å². The average molecular weight is 342 g/mol. The Bertz CT molecular complexity index is 660. The SMILES string of the molecule is CNC(C)CNC(=O)CCS(=O)(=O)c1ccc2c(c1)OCCO2. The van der Waals surface area contributed by atoms with E-state index in [9.17, 15) is 13.2 Å². The molecule has 0 aromatic heterocycles. The number of benzene rings is 1. The van der Waals surface area contributed by atoms with Crippen LogP contribution in [-0.2, 0) is 14.6 Å². The molecule has 8 heteroatoms. The van der Waals surface area contributed by atoms with Gasteiger partial charge in [-0.25, -0.2) is 8.42 Å². The normalized spacial score (nSPS) is 15.0. The molecule has 1 amide bonds. The third kappa shape index (κ3) is 4.84. The van der Waals surface area contributed by atoms with Crippen LogP contribution in [0.5, 0.6) is 11.5 Å². The molecule has 7 nitrogen and oxygen atoms in total. The van der Waals surface area contributed by atoms with Crippen LogP contribution in [0.15, 0.2) is 23.1 Å². The van der Waals surface area contributed by atoms with Crippen molar-refractivity contribution < 1.29 is 22.7 Å². The zero-order valence-corrected chi connectivity index (χ0v) is 14.1. The molecule has 1 aliphatic rings. The summed E-state index contributed by atoms with van der Waals surface area (Å²) >= 11 is 0. The zero-order chi connectivity index (χ0) is 16.9. The van der Waals surface area contributed by atoms with Crippen molar-refractivity contribution >= 4 is 15.7 Å². The molecule has 0 fully saturated rings. The lowest BCUT2D eigenvalue weighted by atomic mass is 10.3. The number of likely N-dealkylation sites (N-methyl/N-ethyl adjacent to an activating group) is 1. The first-order chi connectivity index (χ1) is 10.9. The molecule has 1 aliphatic heterocycles. The first-order valence-corrected chi connectivity index (χ1v) is 9.14. The maximum absolute atomic E-state index is 12.3. The van der Waals surface area contributed by atoms with Crippen LogP contribution in [0.1, 0.15) is 13.3 Å². The quantitative estimate of drug-likeness (QED) is 0.742. The van der Waals surface area contributed by atoms with Crippen LogP contribution in [0.25, 0.3) is 0 Å². The first-order valence-electron chi connectivity index (χ1n) is 7.49. The summed E-state index contributed by atoms with van der Waals surface area (Å²) in [5.41, 5.74) is 0. The fourth-order valence-electron chi connectivity index (χ4n) is 2.02. The second kappa shape index (κ2) is 7.65. The number of ether oxygens (including phenoxy) is 2. The molecule has 0 saturated carbocycles. The van der Waals surface area contributed by atoms with Gasteiger partial charge in [-0.15, -0.1) is 0 Å². The van der Waals surface area contributed by atoms with Crippen molar-refractivity contribution in [3.8, 4) is 11.5 Å². The first kappa shape index (κ1) is 17.6. The van der Waals surface area contributed by atoms with Gasteiger partial charge in [-0.3, -0.25) is 4.79 Å². The van der Waals surface area contributed by atoms with Crippen molar-refractivity contribution in [3.63, 3.8) is 0 Å². The number of hydrogen-bond acceptors (Lipinski definition) is 6. The van der Waals surface area contributed by atoms with E-state index in [0.29, 0.717) is 31.3 Å². The molecule has 128 valence electrons. The van der Waals surface area contributed by atoms with Crippen LogP contribution in [0.2, 0.25) is 0 Å². The number of amides is 1. The summed E-state index contributed by atoms with van der Waals surface area (Å²) < 4.78 is 35.4. The predicted octanol–water partition coefficient (Wildman–Crippen LogP) is 0.346. The molecule has 23 heavy (non-hydrogen) atoms. The van der Waals surface area contributed by atoms with Gasteiger partial charge >= 0.3 is 0 Å². The molecule has 0 bridgehead atoms. The van der Waals surface area contributed by atoms with E-state index in [-0.39, 0.29) is 29.0 Å². The van der Waals surface area contributed by atoms with Crippen molar-refractivity contribution in [3.05, 3.63) is 18.2 Å². The van der Waals surface area contributed by atoms with Gasteiger partial charge in [-0.2, -0.15) is 0 Å². The van der Waals surface area contributed by atoms with E-state index in [1.54, 1.807) is 13.1 Å². The lowest BCUT2D eigenvalue weighted by Gasteiger charge is -2.18. The summed E-state index contributed by atoms with van der Waals surface area (Å²) in [5.74, 6) is 0.429. The van der Waals surface area contributed by atoms with Gasteiger partial charge in [0.25, 0.3) is 0 Å². The third-order valence-electron chi connectivity index (χ3n) is 3.57. The molecule has 1 unspecified atom stereocenters. The van der Waals surface area contributed by atoms with Crippen molar-refractivity contribution in [1.82, 2.24) is 10.6 Å². The van der Waals surface area contributed by atoms with Gasteiger partial charge in [-0.1, -0.05) is 0 Å². The number of carbonyl (C=O) groups is 1. The number of fused-ring (bicyclic) bond motifs is 1. The van der Waals surface area contributed by atoms with Gasteiger partial charge in [0.05, 0.1) is 10.6 Å². The molecule has 1 heterocycles. The monoisotopic (exact) mass is 342 g/mol. The fraction of sp³-hybridized carbons (Fsp3) is 0.533. The molecule has 0 aliphatic carbocycles. The number of sulfone groups is 1. The van der Waals surface area contributed by atoms with Gasteiger partial charge in [0.2, 0.25) is 5.91 Å². The van der Waals surface area contributed by atoms with Crippen LogP contribution < -0.4 is 20.1 Å². The molecule has 2 rings (SSSR count). The van der Waals surface area contributed by atoms with E-state index in [0.717, 1.165) is 0 Å². The van der Waals surface area contributed by atoms with Crippen molar-refractivity contribution in [2.75, 3.05) is 32.6 Å². The molecular weight excluding hydrogens is 320 g/mol. The highest BCUT2D eigenvalue weighted by Gasteiger charge is 2.20. The highest BCUT2D eigenvalue weighted by atomic mass is 32.2. The van der Waals surface area contributed by atoms with Crippen LogP contribution in [0, 0.1) is 0 Å². The number of carbonyl (C=O) groups excluding carboxylic acids is 1. The number of hydrogen-bond donors (Lipinski definition) is 2. The van der Waals surface area contributed by atoms with E-state index in [1.807, 2.05) is 6.92 Å². The van der Waals surface area contributed by atoms with Crippen LogP contribution in [-0.4, -0.2) is 52.9 Å². The molecule has 2 N–H and O–H groups in total. The molecule has 0 radical (unpaired) electrons. The average Bonchev–Trinajstić information content (AvgIpc) is 2.57. The molecule has 1 aromatic carbocycles. The van der Waals surface area contributed by atoms with E-state index in [1.165, 1.54) is 12.1 Å². The lowest BCUT2D eigenvalue weighted by molar-refractivity contribution is -0.120. The maximum Gasteiger partial charge on any atom is 0.221 e. The topological polar surface area (TPSA) is 93.7 Å². The number of nitrogens with one attached hydrogen (secondary N) is 2. The molecule has 0 saturated heterocycles. The highest BCUT2D eigenvalue weighted by molar-refractivity contribution is 7.91. The van der Waals surface area contributed by atoms with E-state index in [4.69, 9.17) is 9.47 Å². The maximum atomic E-state index is 12.3. The van der Waals surface area contributed by atoms with E-state index in [2.05, 4.69) is 10.6 Å². The minimum atomic E-state index is -3.54. The van der Waals surface area contributed by atoms with Crippen LogP contribution in [0.4, 0.5) is 0 Å². The number of rotatable bonds is 7. The molecule has 1 aromatic rings. The largest absolute Gasteiger partial charge is 0.486 e. The van der Waals surface area contributed by atoms with Gasteiger partial charge in [-0.05, 0) is 26.1 Å². The minimum absolute atomic E-state index is 0.0762. The second-order valence-corrected chi connectivity index (χ2v) is 7.48. The zero-order valence-electron chi connectivity index (χ0n) is 13.3. The summed E-state index contributed by atoms with van der Waals surface area (Å²) in [6, 6.07) is 4.64. The summed E-state index contributed by atoms with van der Waals surface area (Å²) in [4.78, 5) is 11.9. The van der Waals surface area contributed by atoms with E-state index < -0.39 is 9.84 Å². The summed E-state index contributed by atoms with van der Waals surface area (Å²) in [6.07, 6.45) is -0.0762. The predicted molar refractivity (Wildman–Crippen MR) is 85.6 cm³/mol. The molecule has 0 spiro atoms. The van der Waals surface area contributed by atoms with Gasteiger partial charge in [0.1, 0.15) is 13.2 Å². The van der Waals surface area contributed by atoms with Gasteiger partial charge < -0.3 is 20.1 Å². The third-order valence-corrected chi connectivity index (χ3v) is 5.28. The Morgan fingerprint density at radius 3 is 2.65 bits per heavy atom. The minimum Gasteiger partial charge on any atom is -0.486 e. The van der Waals surface area contributed by atoms with Crippen molar-refractivity contribution in [1.29, 1.82) is 0 Å². The summed E-state index contributed by atoms with van der Waals surface area (Å²) in [5, 5.41) is 5.69. The second-order valence-electron chi connectivity index (χ2n) is 5.37. The summed E-state index contributed by atoms with van der Waals surface area (Å²) in [7, 11) is -1.75.